The van der Waals surface area contributed by atoms with Crippen molar-refractivity contribution >= 4 is 11.9 Å². The summed E-state index contributed by atoms with van der Waals surface area (Å²) in [7, 11) is 0. The standard InChI is InChI=1S/C22H25NO4/c1-3-27-22(26)20-15(2)8-7-11-17(20)18-13-23(14-19(18)21(24)25)12-16-9-5-4-6-10-16/h4-11,18-19H,3,12-14H2,1-2H3,(H,24,25). The molecule has 0 aromatic heterocycles. The molecule has 0 radical (unpaired) electrons. The maximum absolute atomic E-state index is 12.5. The van der Waals surface area contributed by atoms with Crippen LogP contribution >= 0.6 is 0 Å². The molecule has 5 nitrogen and oxygen atoms in total. The third-order valence-electron chi connectivity index (χ3n) is 5.15. The number of carbonyl (C=O) groups excluding carboxylic acids is 1. The van der Waals surface area contributed by atoms with Gasteiger partial charge in [-0.05, 0) is 30.5 Å². The van der Waals surface area contributed by atoms with Crippen LogP contribution in [-0.2, 0) is 16.1 Å². The Morgan fingerprint density at radius 1 is 1.11 bits per heavy atom. The van der Waals surface area contributed by atoms with Crippen LogP contribution in [0.3, 0.4) is 0 Å². The van der Waals surface area contributed by atoms with Crippen molar-refractivity contribution in [3.63, 3.8) is 0 Å². The fraction of sp³-hybridized carbons (Fsp3) is 0.364. The number of aliphatic carboxylic acids is 1. The summed E-state index contributed by atoms with van der Waals surface area (Å²) in [6, 6.07) is 15.6. The van der Waals surface area contributed by atoms with E-state index in [9.17, 15) is 14.7 Å². The Hall–Kier alpha value is -2.66. The number of likely N-dealkylation sites (tertiary alicyclic amines) is 1. The first-order valence-electron chi connectivity index (χ1n) is 9.27. The number of benzene rings is 2. The van der Waals surface area contributed by atoms with Crippen molar-refractivity contribution in [3.05, 3.63) is 70.8 Å². The SMILES string of the molecule is CCOC(=O)c1c(C)cccc1C1CN(Cc2ccccc2)CC1C(=O)O. The van der Waals surface area contributed by atoms with Crippen molar-refractivity contribution in [2.75, 3.05) is 19.7 Å². The van der Waals surface area contributed by atoms with Crippen LogP contribution in [0.5, 0.6) is 0 Å². The molecule has 0 bridgehead atoms. The number of ether oxygens (including phenoxy) is 1. The molecular formula is C22H25NO4. The minimum Gasteiger partial charge on any atom is -0.481 e. The number of rotatable bonds is 6. The Balaban J connectivity index is 1.91. The molecule has 2 aromatic rings. The van der Waals surface area contributed by atoms with Crippen LogP contribution in [0.4, 0.5) is 0 Å². The van der Waals surface area contributed by atoms with Gasteiger partial charge in [0, 0.05) is 25.6 Å². The van der Waals surface area contributed by atoms with E-state index >= 15 is 0 Å². The molecule has 142 valence electrons. The maximum Gasteiger partial charge on any atom is 0.338 e. The van der Waals surface area contributed by atoms with Gasteiger partial charge in [0.05, 0.1) is 18.1 Å². The molecule has 2 atom stereocenters. The molecule has 2 aromatic carbocycles. The normalized spacial score (nSPS) is 19.8. The third-order valence-corrected chi connectivity index (χ3v) is 5.15. The molecule has 0 saturated carbocycles. The maximum atomic E-state index is 12.5. The number of nitrogens with zero attached hydrogens (tertiary/aromatic N) is 1. The van der Waals surface area contributed by atoms with Crippen molar-refractivity contribution in [2.45, 2.75) is 26.3 Å². The van der Waals surface area contributed by atoms with E-state index in [1.54, 1.807) is 6.92 Å². The zero-order valence-electron chi connectivity index (χ0n) is 15.7. The summed E-state index contributed by atoms with van der Waals surface area (Å²) in [6.45, 7) is 5.68. The van der Waals surface area contributed by atoms with Crippen molar-refractivity contribution in [1.82, 2.24) is 4.90 Å². The molecule has 1 aliphatic rings. The highest BCUT2D eigenvalue weighted by atomic mass is 16.5. The second-order valence-corrected chi connectivity index (χ2v) is 6.99. The summed E-state index contributed by atoms with van der Waals surface area (Å²) >= 11 is 0. The number of carboxylic acid groups (broad SMARTS) is 1. The first-order chi connectivity index (χ1) is 13.0. The van der Waals surface area contributed by atoms with E-state index in [2.05, 4.69) is 4.90 Å². The van der Waals surface area contributed by atoms with Gasteiger partial charge in [0.2, 0.25) is 0 Å². The largest absolute Gasteiger partial charge is 0.481 e. The quantitative estimate of drug-likeness (QED) is 0.792. The molecule has 1 heterocycles. The van der Waals surface area contributed by atoms with E-state index in [0.29, 0.717) is 31.8 Å². The summed E-state index contributed by atoms with van der Waals surface area (Å²) < 4.78 is 5.23. The number of hydrogen-bond acceptors (Lipinski definition) is 4. The molecule has 1 aliphatic heterocycles. The summed E-state index contributed by atoms with van der Waals surface area (Å²) in [5.41, 5.74) is 3.25. The van der Waals surface area contributed by atoms with Crippen LogP contribution in [0.25, 0.3) is 0 Å². The Labute approximate surface area is 159 Å². The highest BCUT2D eigenvalue weighted by molar-refractivity contribution is 5.93. The Bertz CT molecular complexity index is 818. The molecule has 5 heteroatoms. The summed E-state index contributed by atoms with van der Waals surface area (Å²) in [5, 5.41) is 9.79. The number of aryl methyl sites for hydroxylation is 1. The molecule has 0 spiro atoms. The van der Waals surface area contributed by atoms with Gasteiger partial charge in [0.1, 0.15) is 0 Å². The highest BCUT2D eigenvalue weighted by Gasteiger charge is 2.40. The van der Waals surface area contributed by atoms with E-state index in [4.69, 9.17) is 4.74 Å². The first-order valence-corrected chi connectivity index (χ1v) is 9.27. The van der Waals surface area contributed by atoms with Gasteiger partial charge in [-0.2, -0.15) is 0 Å². The lowest BCUT2D eigenvalue weighted by molar-refractivity contribution is -0.141. The van der Waals surface area contributed by atoms with Crippen LogP contribution in [0.1, 0.15) is 39.9 Å². The molecule has 1 fully saturated rings. The van der Waals surface area contributed by atoms with Crippen molar-refractivity contribution in [2.24, 2.45) is 5.92 Å². The predicted molar refractivity (Wildman–Crippen MR) is 103 cm³/mol. The lowest BCUT2D eigenvalue weighted by Crippen LogP contribution is -2.24. The van der Waals surface area contributed by atoms with E-state index in [1.165, 1.54) is 0 Å². The van der Waals surface area contributed by atoms with E-state index in [-0.39, 0.29) is 11.9 Å². The number of carboxylic acids is 1. The van der Waals surface area contributed by atoms with E-state index < -0.39 is 11.9 Å². The summed E-state index contributed by atoms with van der Waals surface area (Å²) in [5.74, 6) is -2.00. The highest BCUT2D eigenvalue weighted by Crippen LogP contribution is 2.36. The van der Waals surface area contributed by atoms with Crippen molar-refractivity contribution in [3.8, 4) is 0 Å². The minimum absolute atomic E-state index is 0.245. The van der Waals surface area contributed by atoms with Gasteiger partial charge in [-0.15, -0.1) is 0 Å². The zero-order valence-corrected chi connectivity index (χ0v) is 15.7. The predicted octanol–water partition coefficient (Wildman–Crippen LogP) is 3.47. The van der Waals surface area contributed by atoms with Crippen molar-refractivity contribution < 1.29 is 19.4 Å². The van der Waals surface area contributed by atoms with Gasteiger partial charge < -0.3 is 9.84 Å². The van der Waals surface area contributed by atoms with Gasteiger partial charge >= 0.3 is 11.9 Å². The molecule has 1 saturated heterocycles. The fourth-order valence-corrected chi connectivity index (χ4v) is 3.90. The lowest BCUT2D eigenvalue weighted by Gasteiger charge is -2.20. The lowest BCUT2D eigenvalue weighted by atomic mass is 9.84. The van der Waals surface area contributed by atoms with Crippen LogP contribution < -0.4 is 0 Å². The second kappa shape index (κ2) is 8.35. The smallest absolute Gasteiger partial charge is 0.338 e. The Morgan fingerprint density at radius 2 is 1.85 bits per heavy atom. The topological polar surface area (TPSA) is 66.8 Å². The Kier molecular flexibility index (Phi) is 5.91. The van der Waals surface area contributed by atoms with Crippen LogP contribution in [0.15, 0.2) is 48.5 Å². The zero-order chi connectivity index (χ0) is 19.4. The molecule has 2 unspecified atom stereocenters. The van der Waals surface area contributed by atoms with Gasteiger partial charge in [0.15, 0.2) is 0 Å². The van der Waals surface area contributed by atoms with Crippen molar-refractivity contribution in [1.29, 1.82) is 0 Å². The number of carbonyl (C=O) groups is 2. The van der Waals surface area contributed by atoms with Gasteiger partial charge in [0.25, 0.3) is 0 Å². The molecule has 1 N–H and O–H groups in total. The van der Waals surface area contributed by atoms with Gasteiger partial charge in [-0.1, -0.05) is 48.5 Å². The van der Waals surface area contributed by atoms with Crippen LogP contribution in [0, 0.1) is 12.8 Å². The molecular weight excluding hydrogens is 342 g/mol. The molecule has 0 aliphatic carbocycles. The molecule has 3 rings (SSSR count). The Morgan fingerprint density at radius 3 is 2.52 bits per heavy atom. The van der Waals surface area contributed by atoms with Crippen LogP contribution in [-0.4, -0.2) is 41.6 Å². The van der Waals surface area contributed by atoms with Gasteiger partial charge in [-0.3, -0.25) is 9.69 Å². The minimum atomic E-state index is -0.827. The fourth-order valence-electron chi connectivity index (χ4n) is 3.90. The average Bonchev–Trinajstić information content (AvgIpc) is 3.06. The first kappa shape index (κ1) is 19.1. The second-order valence-electron chi connectivity index (χ2n) is 6.99. The van der Waals surface area contributed by atoms with Crippen LogP contribution in [0.2, 0.25) is 0 Å². The number of esters is 1. The summed E-state index contributed by atoms with van der Waals surface area (Å²) in [4.78, 5) is 26.6. The summed E-state index contributed by atoms with van der Waals surface area (Å²) in [6.07, 6.45) is 0. The van der Waals surface area contributed by atoms with Gasteiger partial charge in [-0.25, -0.2) is 4.79 Å². The van der Waals surface area contributed by atoms with E-state index in [0.717, 1.165) is 16.7 Å². The molecule has 27 heavy (non-hydrogen) atoms. The average molecular weight is 367 g/mol. The number of hydrogen-bond donors (Lipinski definition) is 1. The molecule has 0 amide bonds. The van der Waals surface area contributed by atoms with E-state index in [1.807, 2.05) is 55.5 Å². The monoisotopic (exact) mass is 367 g/mol. The third kappa shape index (κ3) is 4.19.